The Morgan fingerprint density at radius 1 is 1.43 bits per heavy atom. The molecule has 0 radical (unpaired) electrons. The predicted molar refractivity (Wildman–Crippen MR) is 79.7 cm³/mol. The van der Waals surface area contributed by atoms with E-state index in [0.717, 1.165) is 37.3 Å². The molecule has 1 saturated heterocycles. The number of piperidine rings is 1. The van der Waals surface area contributed by atoms with Gasteiger partial charge in [-0.05, 0) is 12.8 Å². The number of hydrogen-bond donors (Lipinski definition) is 2. The van der Waals surface area contributed by atoms with Gasteiger partial charge in [0, 0.05) is 25.0 Å². The molecule has 3 rings (SSSR count). The van der Waals surface area contributed by atoms with Gasteiger partial charge in [-0.1, -0.05) is 13.8 Å². The van der Waals surface area contributed by atoms with E-state index in [1.807, 2.05) is 18.7 Å². The topological polar surface area (TPSA) is 86.8 Å². The Kier molecular flexibility index (Phi) is 3.72. The second-order valence-electron chi connectivity index (χ2n) is 5.75. The van der Waals surface area contributed by atoms with Crippen molar-refractivity contribution in [3.05, 3.63) is 12.7 Å². The van der Waals surface area contributed by atoms with Crippen molar-refractivity contribution in [1.82, 2.24) is 24.8 Å². The Balaban J connectivity index is 1.73. The number of fused-ring (bicyclic) bond motifs is 1. The van der Waals surface area contributed by atoms with Crippen LogP contribution in [0.4, 0.5) is 5.82 Å². The minimum absolute atomic E-state index is 0.0436. The maximum absolute atomic E-state index is 12.1. The van der Waals surface area contributed by atoms with Gasteiger partial charge in [0.15, 0.2) is 11.5 Å². The summed E-state index contributed by atoms with van der Waals surface area (Å²) in [7, 11) is 0. The molecule has 7 heteroatoms. The van der Waals surface area contributed by atoms with Gasteiger partial charge in [-0.15, -0.1) is 0 Å². The summed E-state index contributed by atoms with van der Waals surface area (Å²) in [5.41, 5.74) is 1.46. The normalized spacial score (nSPS) is 19.2. The number of H-pyrrole nitrogens is 1. The van der Waals surface area contributed by atoms with Gasteiger partial charge in [-0.3, -0.25) is 4.79 Å². The fourth-order valence-corrected chi connectivity index (χ4v) is 2.73. The fraction of sp³-hybridized carbons (Fsp3) is 0.571. The van der Waals surface area contributed by atoms with Crippen molar-refractivity contribution >= 4 is 22.9 Å². The first-order chi connectivity index (χ1) is 10.1. The molecule has 7 nitrogen and oxygen atoms in total. The lowest BCUT2D eigenvalue weighted by Gasteiger charge is -2.34. The summed E-state index contributed by atoms with van der Waals surface area (Å²) >= 11 is 0. The molecule has 1 aliphatic heterocycles. The minimum Gasteiger partial charge on any atom is -0.364 e. The van der Waals surface area contributed by atoms with Crippen molar-refractivity contribution in [3.8, 4) is 0 Å². The smallest absolute Gasteiger partial charge is 0.225 e. The molecule has 1 aliphatic rings. The standard InChI is InChI=1S/C14H20N6O/c1-9(2)14(21)20-5-3-4-10(6-20)19-13-11-12(16-7-15-11)17-8-18-13/h7-10H,3-6H2,1-2H3,(H2,15,16,17,18,19). The van der Waals surface area contributed by atoms with E-state index < -0.39 is 0 Å². The van der Waals surface area contributed by atoms with Crippen LogP contribution in [-0.4, -0.2) is 49.9 Å². The predicted octanol–water partition coefficient (Wildman–Crippen LogP) is 1.41. The van der Waals surface area contributed by atoms with E-state index in [1.165, 1.54) is 6.33 Å². The minimum atomic E-state index is 0.0436. The maximum Gasteiger partial charge on any atom is 0.225 e. The SMILES string of the molecule is CC(C)C(=O)N1CCCC(Nc2ncnc3nc[nH]c23)C1. The van der Waals surface area contributed by atoms with E-state index in [2.05, 4.69) is 25.3 Å². The third-order valence-corrected chi connectivity index (χ3v) is 3.79. The number of nitrogens with zero attached hydrogens (tertiary/aromatic N) is 4. The zero-order chi connectivity index (χ0) is 14.8. The van der Waals surface area contributed by atoms with Gasteiger partial charge in [0.25, 0.3) is 0 Å². The number of carbonyl (C=O) groups excluding carboxylic acids is 1. The van der Waals surface area contributed by atoms with Crippen molar-refractivity contribution in [2.24, 2.45) is 5.92 Å². The molecule has 21 heavy (non-hydrogen) atoms. The average molecular weight is 288 g/mol. The Bertz CT molecular complexity index is 637. The van der Waals surface area contributed by atoms with Gasteiger partial charge in [-0.25, -0.2) is 15.0 Å². The molecule has 112 valence electrons. The quantitative estimate of drug-likeness (QED) is 0.891. The molecule has 1 unspecified atom stereocenters. The van der Waals surface area contributed by atoms with Gasteiger partial charge >= 0.3 is 0 Å². The molecule has 1 fully saturated rings. The van der Waals surface area contributed by atoms with E-state index in [4.69, 9.17) is 0 Å². The molecular weight excluding hydrogens is 268 g/mol. The van der Waals surface area contributed by atoms with Crippen molar-refractivity contribution < 1.29 is 4.79 Å². The number of carbonyl (C=O) groups is 1. The summed E-state index contributed by atoms with van der Waals surface area (Å²) in [6.45, 7) is 5.45. The van der Waals surface area contributed by atoms with Crippen LogP contribution in [-0.2, 0) is 4.79 Å². The second-order valence-corrected chi connectivity index (χ2v) is 5.75. The monoisotopic (exact) mass is 288 g/mol. The van der Waals surface area contributed by atoms with Crippen LogP contribution in [0.3, 0.4) is 0 Å². The van der Waals surface area contributed by atoms with Crippen LogP contribution in [0.2, 0.25) is 0 Å². The summed E-state index contributed by atoms with van der Waals surface area (Å²) in [5, 5.41) is 3.42. The van der Waals surface area contributed by atoms with Gasteiger partial charge in [0.1, 0.15) is 11.8 Å². The molecule has 3 heterocycles. The summed E-state index contributed by atoms with van der Waals surface area (Å²) in [6.07, 6.45) is 5.15. The zero-order valence-corrected chi connectivity index (χ0v) is 12.3. The van der Waals surface area contributed by atoms with Crippen LogP contribution >= 0.6 is 0 Å². The van der Waals surface area contributed by atoms with Crippen LogP contribution < -0.4 is 5.32 Å². The lowest BCUT2D eigenvalue weighted by Crippen LogP contribution is -2.46. The molecule has 0 aromatic carbocycles. The van der Waals surface area contributed by atoms with Crippen molar-refractivity contribution in [2.45, 2.75) is 32.7 Å². The summed E-state index contributed by atoms with van der Waals surface area (Å²) in [5.74, 6) is 1.01. The highest BCUT2D eigenvalue weighted by Crippen LogP contribution is 2.20. The lowest BCUT2D eigenvalue weighted by atomic mass is 10.0. The molecule has 1 amide bonds. The van der Waals surface area contributed by atoms with Gasteiger partial charge in [-0.2, -0.15) is 0 Å². The number of rotatable bonds is 3. The molecule has 0 spiro atoms. The number of amides is 1. The Labute approximate surface area is 123 Å². The van der Waals surface area contributed by atoms with Crippen molar-refractivity contribution in [3.63, 3.8) is 0 Å². The van der Waals surface area contributed by atoms with Crippen LogP contribution in [0.15, 0.2) is 12.7 Å². The Morgan fingerprint density at radius 3 is 3.10 bits per heavy atom. The maximum atomic E-state index is 12.1. The molecular formula is C14H20N6O. The number of aromatic nitrogens is 4. The number of imidazole rings is 1. The highest BCUT2D eigenvalue weighted by molar-refractivity contribution is 5.82. The third kappa shape index (κ3) is 2.81. The first-order valence-corrected chi connectivity index (χ1v) is 7.34. The molecule has 0 saturated carbocycles. The number of likely N-dealkylation sites (tertiary alicyclic amines) is 1. The van der Waals surface area contributed by atoms with Crippen LogP contribution in [0, 0.1) is 5.92 Å². The van der Waals surface area contributed by atoms with Crippen LogP contribution in [0.1, 0.15) is 26.7 Å². The van der Waals surface area contributed by atoms with E-state index in [-0.39, 0.29) is 17.9 Å². The molecule has 0 bridgehead atoms. The zero-order valence-electron chi connectivity index (χ0n) is 12.3. The van der Waals surface area contributed by atoms with E-state index in [1.54, 1.807) is 6.33 Å². The highest BCUT2D eigenvalue weighted by Gasteiger charge is 2.25. The molecule has 1 atom stereocenters. The molecule has 2 N–H and O–H groups in total. The summed E-state index contributed by atoms with van der Waals surface area (Å²) in [6, 6.07) is 0.211. The lowest BCUT2D eigenvalue weighted by molar-refractivity contribution is -0.135. The Hall–Kier alpha value is -2.18. The highest BCUT2D eigenvalue weighted by atomic mass is 16.2. The summed E-state index contributed by atoms with van der Waals surface area (Å²) < 4.78 is 0. The largest absolute Gasteiger partial charge is 0.364 e. The second kappa shape index (κ2) is 5.67. The number of hydrogen-bond acceptors (Lipinski definition) is 5. The van der Waals surface area contributed by atoms with E-state index in [0.29, 0.717) is 5.65 Å². The summed E-state index contributed by atoms with van der Waals surface area (Å²) in [4.78, 5) is 29.6. The molecule has 0 aliphatic carbocycles. The third-order valence-electron chi connectivity index (χ3n) is 3.79. The van der Waals surface area contributed by atoms with Crippen molar-refractivity contribution in [1.29, 1.82) is 0 Å². The average Bonchev–Trinajstić information content (AvgIpc) is 2.96. The Morgan fingerprint density at radius 2 is 2.29 bits per heavy atom. The molecule has 2 aromatic rings. The fourth-order valence-electron chi connectivity index (χ4n) is 2.73. The first-order valence-electron chi connectivity index (χ1n) is 7.34. The van der Waals surface area contributed by atoms with Gasteiger partial charge in [0.05, 0.1) is 6.33 Å². The van der Waals surface area contributed by atoms with E-state index >= 15 is 0 Å². The number of nitrogens with one attached hydrogen (secondary N) is 2. The van der Waals surface area contributed by atoms with Gasteiger partial charge < -0.3 is 15.2 Å². The van der Waals surface area contributed by atoms with Crippen LogP contribution in [0.5, 0.6) is 0 Å². The molecule has 2 aromatic heterocycles. The van der Waals surface area contributed by atoms with Crippen molar-refractivity contribution in [2.75, 3.05) is 18.4 Å². The number of aromatic amines is 1. The van der Waals surface area contributed by atoms with Crippen LogP contribution in [0.25, 0.3) is 11.2 Å². The first kappa shape index (κ1) is 13.8. The van der Waals surface area contributed by atoms with Gasteiger partial charge in [0.2, 0.25) is 5.91 Å². The van der Waals surface area contributed by atoms with E-state index in [9.17, 15) is 4.79 Å². The number of anilines is 1.